The van der Waals surface area contributed by atoms with Gasteiger partial charge in [-0.1, -0.05) is 55.5 Å². The fourth-order valence-corrected chi connectivity index (χ4v) is 3.37. The number of ketones is 1. The molecule has 150 valence electrons. The molecule has 0 aliphatic heterocycles. The van der Waals surface area contributed by atoms with Crippen molar-refractivity contribution < 1.29 is 9.59 Å². The molecule has 30 heavy (non-hydrogen) atoms. The number of nitrogens with zero attached hydrogens (tertiary/aromatic N) is 3. The first-order valence-corrected chi connectivity index (χ1v) is 9.96. The number of hydrogen-bond acceptors (Lipinski definition) is 4. The quantitative estimate of drug-likeness (QED) is 0.482. The third-order valence-electron chi connectivity index (χ3n) is 4.96. The number of hydrogen-bond donors (Lipinski definition) is 1. The lowest BCUT2D eigenvalue weighted by Crippen LogP contribution is -2.24. The number of benzene rings is 2. The number of aromatic nitrogens is 3. The Labute approximate surface area is 174 Å². The molecule has 6 heteroatoms. The zero-order chi connectivity index (χ0) is 20.9. The molecule has 2 aromatic heterocycles. The van der Waals surface area contributed by atoms with E-state index in [0.717, 1.165) is 23.2 Å². The van der Waals surface area contributed by atoms with Crippen molar-refractivity contribution >= 4 is 17.3 Å². The van der Waals surface area contributed by atoms with Gasteiger partial charge in [0.25, 0.3) is 0 Å². The highest BCUT2D eigenvalue weighted by molar-refractivity contribution is 6.12. The van der Waals surface area contributed by atoms with Gasteiger partial charge in [-0.15, -0.1) is 0 Å². The van der Waals surface area contributed by atoms with Crippen LogP contribution in [0, 0.1) is 0 Å². The Morgan fingerprint density at radius 1 is 1.03 bits per heavy atom. The van der Waals surface area contributed by atoms with Crippen molar-refractivity contribution in [1.82, 2.24) is 19.9 Å². The Hall–Kier alpha value is -3.80. The highest BCUT2D eigenvalue weighted by atomic mass is 16.1. The van der Waals surface area contributed by atoms with E-state index in [0.29, 0.717) is 29.7 Å². The first-order chi connectivity index (χ1) is 14.7. The highest BCUT2D eigenvalue weighted by Crippen LogP contribution is 2.23. The molecular weight excluding hydrogens is 376 g/mol. The number of carbonyl (C=O) groups excluding carboxylic acids is 2. The largest absolute Gasteiger partial charge is 0.356 e. The Kier molecular flexibility index (Phi) is 5.66. The van der Waals surface area contributed by atoms with Crippen LogP contribution >= 0.6 is 0 Å². The normalized spacial score (nSPS) is 10.8. The van der Waals surface area contributed by atoms with Crippen LogP contribution in [0.5, 0.6) is 0 Å². The SMILES string of the molecule is CCC(=O)NCCc1cccc(-c2ccnc3c(C(=O)c4ccccc4)cnn23)c1. The van der Waals surface area contributed by atoms with E-state index in [-0.39, 0.29) is 11.7 Å². The second-order valence-corrected chi connectivity index (χ2v) is 6.97. The molecule has 1 N–H and O–H groups in total. The van der Waals surface area contributed by atoms with Crippen molar-refractivity contribution in [3.8, 4) is 11.3 Å². The Morgan fingerprint density at radius 2 is 1.87 bits per heavy atom. The molecule has 4 rings (SSSR count). The first-order valence-electron chi connectivity index (χ1n) is 9.96. The van der Waals surface area contributed by atoms with Gasteiger partial charge in [-0.2, -0.15) is 5.10 Å². The van der Waals surface area contributed by atoms with E-state index < -0.39 is 0 Å². The summed E-state index contributed by atoms with van der Waals surface area (Å²) in [6, 6.07) is 19.1. The minimum Gasteiger partial charge on any atom is -0.356 e. The summed E-state index contributed by atoms with van der Waals surface area (Å²) in [5.74, 6) is -0.0511. The van der Waals surface area contributed by atoms with Crippen LogP contribution in [0.1, 0.15) is 34.8 Å². The molecule has 0 atom stereocenters. The molecule has 2 heterocycles. The molecule has 0 saturated heterocycles. The molecule has 0 fully saturated rings. The molecule has 0 spiro atoms. The second-order valence-electron chi connectivity index (χ2n) is 6.97. The van der Waals surface area contributed by atoms with Gasteiger partial charge < -0.3 is 5.32 Å². The number of amides is 1. The molecule has 4 aromatic rings. The minimum atomic E-state index is -0.101. The maximum absolute atomic E-state index is 12.9. The number of nitrogens with one attached hydrogen (secondary N) is 1. The van der Waals surface area contributed by atoms with E-state index in [4.69, 9.17) is 0 Å². The van der Waals surface area contributed by atoms with Gasteiger partial charge in [-0.05, 0) is 24.1 Å². The minimum absolute atomic E-state index is 0.0501. The summed E-state index contributed by atoms with van der Waals surface area (Å²) in [7, 11) is 0. The third kappa shape index (κ3) is 3.98. The van der Waals surface area contributed by atoms with Crippen molar-refractivity contribution in [2.24, 2.45) is 0 Å². The number of carbonyl (C=O) groups is 2. The average molecular weight is 398 g/mol. The van der Waals surface area contributed by atoms with Crippen LogP contribution < -0.4 is 5.32 Å². The Morgan fingerprint density at radius 3 is 2.67 bits per heavy atom. The van der Waals surface area contributed by atoms with Gasteiger partial charge in [0.1, 0.15) is 0 Å². The topological polar surface area (TPSA) is 76.4 Å². The van der Waals surface area contributed by atoms with Crippen LogP contribution in [0.15, 0.2) is 73.1 Å². The molecule has 1 amide bonds. The lowest BCUT2D eigenvalue weighted by atomic mass is 10.0. The van der Waals surface area contributed by atoms with Crippen molar-refractivity contribution in [1.29, 1.82) is 0 Å². The molecule has 0 aliphatic carbocycles. The monoisotopic (exact) mass is 398 g/mol. The number of fused-ring (bicyclic) bond motifs is 1. The molecule has 6 nitrogen and oxygen atoms in total. The van der Waals surface area contributed by atoms with E-state index >= 15 is 0 Å². The standard InChI is InChI=1S/C24H22N4O2/c1-2-22(29)25-13-11-17-7-6-10-19(15-17)21-12-14-26-24-20(16-27-28(21)24)23(30)18-8-4-3-5-9-18/h3-10,12,14-16H,2,11,13H2,1H3,(H,25,29). The van der Waals surface area contributed by atoms with E-state index in [1.54, 1.807) is 29.0 Å². The maximum atomic E-state index is 12.9. The van der Waals surface area contributed by atoms with E-state index in [2.05, 4.69) is 21.5 Å². The van der Waals surface area contributed by atoms with Crippen LogP contribution in [0.4, 0.5) is 0 Å². The smallest absolute Gasteiger partial charge is 0.219 e. The summed E-state index contributed by atoms with van der Waals surface area (Å²) in [6.07, 6.45) is 4.50. The zero-order valence-electron chi connectivity index (χ0n) is 16.7. The van der Waals surface area contributed by atoms with Gasteiger partial charge in [-0.25, -0.2) is 9.50 Å². The fraction of sp³-hybridized carbons (Fsp3) is 0.167. The van der Waals surface area contributed by atoms with Crippen molar-refractivity contribution in [3.63, 3.8) is 0 Å². The van der Waals surface area contributed by atoms with E-state index in [9.17, 15) is 9.59 Å². The van der Waals surface area contributed by atoms with E-state index in [1.165, 1.54) is 0 Å². The lowest BCUT2D eigenvalue weighted by Gasteiger charge is -2.08. The Balaban J connectivity index is 1.64. The predicted octanol–water partition coefficient (Wildman–Crippen LogP) is 3.70. The summed E-state index contributed by atoms with van der Waals surface area (Å²) in [6.45, 7) is 2.44. The molecule has 0 saturated carbocycles. The summed E-state index contributed by atoms with van der Waals surface area (Å²) in [4.78, 5) is 28.7. The second kappa shape index (κ2) is 8.69. The van der Waals surface area contributed by atoms with Crippen LogP contribution in [-0.4, -0.2) is 32.8 Å². The lowest BCUT2D eigenvalue weighted by molar-refractivity contribution is -0.120. The summed E-state index contributed by atoms with van der Waals surface area (Å²) in [5, 5.41) is 7.34. The number of rotatable bonds is 7. The van der Waals surface area contributed by atoms with Crippen molar-refractivity contribution in [3.05, 3.63) is 89.7 Å². The summed E-state index contributed by atoms with van der Waals surface area (Å²) >= 11 is 0. The first kappa shape index (κ1) is 19.5. The molecule has 0 bridgehead atoms. The maximum Gasteiger partial charge on any atom is 0.219 e. The van der Waals surface area contributed by atoms with Crippen LogP contribution in [0.3, 0.4) is 0 Å². The van der Waals surface area contributed by atoms with Crippen LogP contribution in [0.25, 0.3) is 16.9 Å². The summed E-state index contributed by atoms with van der Waals surface area (Å²) in [5.41, 5.74) is 4.55. The van der Waals surface area contributed by atoms with Crippen molar-refractivity contribution in [2.75, 3.05) is 6.54 Å². The average Bonchev–Trinajstić information content (AvgIpc) is 3.23. The molecular formula is C24H22N4O2. The third-order valence-corrected chi connectivity index (χ3v) is 4.96. The predicted molar refractivity (Wildman–Crippen MR) is 115 cm³/mol. The van der Waals surface area contributed by atoms with Crippen LogP contribution in [0.2, 0.25) is 0 Å². The van der Waals surface area contributed by atoms with Gasteiger partial charge in [0.15, 0.2) is 11.4 Å². The van der Waals surface area contributed by atoms with Gasteiger partial charge in [0, 0.05) is 30.3 Å². The van der Waals surface area contributed by atoms with Gasteiger partial charge in [0.05, 0.1) is 17.5 Å². The Bertz CT molecular complexity index is 1200. The van der Waals surface area contributed by atoms with Crippen LogP contribution in [-0.2, 0) is 11.2 Å². The summed E-state index contributed by atoms with van der Waals surface area (Å²) < 4.78 is 1.70. The fourth-order valence-electron chi connectivity index (χ4n) is 3.37. The van der Waals surface area contributed by atoms with Crippen molar-refractivity contribution in [2.45, 2.75) is 19.8 Å². The molecule has 0 radical (unpaired) electrons. The molecule has 0 aliphatic rings. The van der Waals surface area contributed by atoms with E-state index in [1.807, 2.05) is 49.4 Å². The van der Waals surface area contributed by atoms with Gasteiger partial charge in [-0.3, -0.25) is 9.59 Å². The highest BCUT2D eigenvalue weighted by Gasteiger charge is 2.17. The van der Waals surface area contributed by atoms with Gasteiger partial charge >= 0.3 is 0 Å². The zero-order valence-corrected chi connectivity index (χ0v) is 16.7. The van der Waals surface area contributed by atoms with Gasteiger partial charge in [0.2, 0.25) is 5.91 Å². The molecule has 2 aromatic carbocycles. The molecule has 0 unspecified atom stereocenters.